The van der Waals surface area contributed by atoms with E-state index in [2.05, 4.69) is 5.32 Å². The number of hydrogen-bond donors (Lipinski definition) is 2. The lowest BCUT2D eigenvalue weighted by atomic mass is 10.3. The molecular weight excluding hydrogens is 243 g/mol. The molecule has 0 radical (unpaired) electrons. The molecule has 1 aromatic carbocycles. The number of nitrogen functional groups attached to an aromatic ring is 1. The topological polar surface area (TPSA) is 64.3 Å². The minimum atomic E-state index is -0.378. The first-order valence-corrected chi connectivity index (χ1v) is 6.05. The molecular formula is C11H15FN2O2S. The fraction of sp³-hybridized carbons (Fsp3) is 0.364. The van der Waals surface area contributed by atoms with Gasteiger partial charge in [-0.1, -0.05) is 0 Å². The van der Waals surface area contributed by atoms with Gasteiger partial charge < -0.3 is 15.8 Å². The van der Waals surface area contributed by atoms with Crippen LogP contribution >= 0.6 is 11.8 Å². The molecule has 0 aromatic heterocycles. The molecule has 0 bridgehead atoms. The van der Waals surface area contributed by atoms with Crippen LogP contribution in [0.15, 0.2) is 23.1 Å². The van der Waals surface area contributed by atoms with E-state index in [0.717, 1.165) is 0 Å². The Hall–Kier alpha value is -1.27. The van der Waals surface area contributed by atoms with Gasteiger partial charge >= 0.3 is 0 Å². The zero-order chi connectivity index (χ0) is 12.7. The highest BCUT2D eigenvalue weighted by Crippen LogP contribution is 2.25. The molecule has 1 rings (SSSR count). The number of methoxy groups -OCH3 is 1. The number of hydrogen-bond acceptors (Lipinski definition) is 4. The van der Waals surface area contributed by atoms with Crippen LogP contribution in [-0.4, -0.2) is 31.9 Å². The average molecular weight is 258 g/mol. The fourth-order valence-electron chi connectivity index (χ4n) is 1.14. The van der Waals surface area contributed by atoms with Gasteiger partial charge in [0.2, 0.25) is 5.91 Å². The van der Waals surface area contributed by atoms with Crippen molar-refractivity contribution in [1.82, 2.24) is 5.32 Å². The van der Waals surface area contributed by atoms with Gasteiger partial charge in [0.25, 0.3) is 0 Å². The number of halogens is 1. The highest BCUT2D eigenvalue weighted by molar-refractivity contribution is 8.00. The van der Waals surface area contributed by atoms with Crippen molar-refractivity contribution in [3.8, 4) is 0 Å². The van der Waals surface area contributed by atoms with E-state index in [-0.39, 0.29) is 17.5 Å². The van der Waals surface area contributed by atoms with Crippen LogP contribution in [0.5, 0.6) is 0 Å². The van der Waals surface area contributed by atoms with Crippen LogP contribution < -0.4 is 11.1 Å². The molecule has 0 atom stereocenters. The van der Waals surface area contributed by atoms with Gasteiger partial charge in [0, 0.05) is 24.2 Å². The van der Waals surface area contributed by atoms with Gasteiger partial charge in [-0.2, -0.15) is 0 Å². The highest BCUT2D eigenvalue weighted by Gasteiger charge is 2.05. The van der Waals surface area contributed by atoms with Crippen molar-refractivity contribution in [3.63, 3.8) is 0 Å². The number of carbonyl (C=O) groups is 1. The summed E-state index contributed by atoms with van der Waals surface area (Å²) in [6.07, 6.45) is 0. The standard InChI is InChI=1S/C11H15FN2O2S/c1-16-5-4-14-11(15)7-17-10-3-2-8(12)6-9(10)13/h2-3,6H,4-5,7,13H2,1H3,(H,14,15). The van der Waals surface area contributed by atoms with Gasteiger partial charge in [-0.3, -0.25) is 4.79 Å². The Kier molecular flexibility index (Phi) is 5.79. The molecule has 0 saturated heterocycles. The third-order valence-corrected chi connectivity index (χ3v) is 3.05. The van der Waals surface area contributed by atoms with Crippen molar-refractivity contribution in [1.29, 1.82) is 0 Å². The van der Waals surface area contributed by atoms with E-state index in [4.69, 9.17) is 10.5 Å². The second-order valence-corrected chi connectivity index (χ2v) is 4.33. The zero-order valence-corrected chi connectivity index (χ0v) is 10.3. The minimum Gasteiger partial charge on any atom is -0.398 e. The van der Waals surface area contributed by atoms with E-state index in [1.54, 1.807) is 13.2 Å². The van der Waals surface area contributed by atoms with Crippen LogP contribution in [0.2, 0.25) is 0 Å². The van der Waals surface area contributed by atoms with E-state index in [1.807, 2.05) is 0 Å². The summed E-state index contributed by atoms with van der Waals surface area (Å²) in [6.45, 7) is 0.962. The maximum absolute atomic E-state index is 12.8. The highest BCUT2D eigenvalue weighted by atomic mass is 32.2. The number of carbonyl (C=O) groups excluding carboxylic acids is 1. The number of ether oxygens (including phenoxy) is 1. The number of amides is 1. The summed E-state index contributed by atoms with van der Waals surface area (Å²) < 4.78 is 17.6. The first kappa shape index (κ1) is 13.8. The molecule has 0 saturated carbocycles. The lowest BCUT2D eigenvalue weighted by Gasteiger charge is -2.06. The van der Waals surface area contributed by atoms with Gasteiger partial charge in [0.1, 0.15) is 5.82 Å². The van der Waals surface area contributed by atoms with Crippen LogP contribution in [0.4, 0.5) is 10.1 Å². The molecule has 0 aliphatic carbocycles. The quantitative estimate of drug-likeness (QED) is 0.458. The Morgan fingerprint density at radius 2 is 2.35 bits per heavy atom. The predicted octanol–water partition coefficient (Wildman–Crippen LogP) is 1.26. The summed E-state index contributed by atoms with van der Waals surface area (Å²) in [7, 11) is 1.57. The zero-order valence-electron chi connectivity index (χ0n) is 9.53. The molecule has 1 aromatic rings. The maximum Gasteiger partial charge on any atom is 0.230 e. The molecule has 17 heavy (non-hydrogen) atoms. The monoisotopic (exact) mass is 258 g/mol. The van der Waals surface area contributed by atoms with Crippen molar-refractivity contribution >= 4 is 23.4 Å². The van der Waals surface area contributed by atoms with Crippen LogP contribution in [0.1, 0.15) is 0 Å². The third kappa shape index (κ3) is 5.06. The van der Waals surface area contributed by atoms with Gasteiger partial charge in [0.05, 0.1) is 12.4 Å². The average Bonchev–Trinajstić information content (AvgIpc) is 2.28. The van der Waals surface area contributed by atoms with E-state index >= 15 is 0 Å². The number of benzene rings is 1. The second kappa shape index (κ2) is 7.13. The Morgan fingerprint density at radius 3 is 3.00 bits per heavy atom. The minimum absolute atomic E-state index is 0.101. The summed E-state index contributed by atoms with van der Waals surface area (Å²) in [5.74, 6) is -0.230. The fourth-order valence-corrected chi connectivity index (χ4v) is 1.92. The molecule has 3 N–H and O–H groups in total. The van der Waals surface area contributed by atoms with Crippen molar-refractivity contribution in [2.24, 2.45) is 0 Å². The molecule has 1 amide bonds. The van der Waals surface area contributed by atoms with Crippen LogP contribution in [0.25, 0.3) is 0 Å². The lowest BCUT2D eigenvalue weighted by Crippen LogP contribution is -2.28. The normalized spacial score (nSPS) is 10.2. The van der Waals surface area contributed by atoms with Crippen molar-refractivity contribution in [3.05, 3.63) is 24.0 Å². The smallest absolute Gasteiger partial charge is 0.230 e. The largest absolute Gasteiger partial charge is 0.398 e. The van der Waals surface area contributed by atoms with E-state index in [1.165, 1.54) is 23.9 Å². The maximum atomic E-state index is 12.8. The molecule has 0 aliphatic heterocycles. The lowest BCUT2D eigenvalue weighted by molar-refractivity contribution is -0.118. The summed E-state index contributed by atoms with van der Waals surface area (Å²) in [5, 5.41) is 2.69. The van der Waals surface area contributed by atoms with Crippen molar-refractivity contribution < 1.29 is 13.9 Å². The van der Waals surface area contributed by atoms with Gasteiger partial charge in [-0.25, -0.2) is 4.39 Å². The van der Waals surface area contributed by atoms with E-state index in [9.17, 15) is 9.18 Å². The molecule has 6 heteroatoms. The third-order valence-electron chi connectivity index (χ3n) is 1.96. The predicted molar refractivity (Wildman–Crippen MR) is 66.4 cm³/mol. The second-order valence-electron chi connectivity index (χ2n) is 3.31. The number of thioether (sulfide) groups is 1. The van der Waals surface area contributed by atoms with Crippen molar-refractivity contribution in [2.75, 3.05) is 31.7 Å². The van der Waals surface area contributed by atoms with Crippen LogP contribution in [-0.2, 0) is 9.53 Å². The molecule has 4 nitrogen and oxygen atoms in total. The molecule has 0 unspecified atom stereocenters. The van der Waals surface area contributed by atoms with Crippen molar-refractivity contribution in [2.45, 2.75) is 4.90 Å². The Labute approximate surface area is 104 Å². The number of nitrogens with two attached hydrogens (primary N) is 1. The van der Waals surface area contributed by atoms with Crippen LogP contribution in [0.3, 0.4) is 0 Å². The van der Waals surface area contributed by atoms with E-state index in [0.29, 0.717) is 23.7 Å². The summed E-state index contributed by atoms with van der Waals surface area (Å²) in [6, 6.07) is 4.13. The first-order valence-electron chi connectivity index (χ1n) is 5.07. The van der Waals surface area contributed by atoms with Gasteiger partial charge in [-0.05, 0) is 18.2 Å². The van der Waals surface area contributed by atoms with Gasteiger partial charge in [-0.15, -0.1) is 11.8 Å². The Bertz CT molecular complexity index is 388. The molecule has 0 aliphatic rings. The number of rotatable bonds is 6. The SMILES string of the molecule is COCCNC(=O)CSc1ccc(F)cc1N. The summed E-state index contributed by atoms with van der Waals surface area (Å²) in [5.41, 5.74) is 5.96. The molecule has 0 spiro atoms. The molecule has 0 fully saturated rings. The van der Waals surface area contributed by atoms with Crippen LogP contribution in [0, 0.1) is 5.82 Å². The summed E-state index contributed by atoms with van der Waals surface area (Å²) >= 11 is 1.28. The number of anilines is 1. The van der Waals surface area contributed by atoms with Gasteiger partial charge in [0.15, 0.2) is 0 Å². The number of nitrogens with one attached hydrogen (secondary N) is 1. The van der Waals surface area contributed by atoms with E-state index < -0.39 is 0 Å². The Balaban J connectivity index is 2.37. The summed E-state index contributed by atoms with van der Waals surface area (Å²) in [4.78, 5) is 12.1. The molecule has 94 valence electrons. The Morgan fingerprint density at radius 1 is 1.59 bits per heavy atom. The molecule has 0 heterocycles. The first-order chi connectivity index (χ1) is 8.13.